The first-order valence-corrected chi connectivity index (χ1v) is 34.5. The van der Waals surface area contributed by atoms with E-state index < -0.39 is 41.9 Å². The van der Waals surface area contributed by atoms with Crippen molar-refractivity contribution in [1.82, 2.24) is 46.0 Å². The second kappa shape index (κ2) is 40.2. The number of hydrazone groups is 1. The molecule has 0 aliphatic carbocycles. The van der Waals surface area contributed by atoms with Crippen molar-refractivity contribution in [3.8, 4) is 5.75 Å². The summed E-state index contributed by atoms with van der Waals surface area (Å²) >= 11 is 0. The Balaban J connectivity index is 0.661. The topological polar surface area (TPSA) is 411 Å². The summed E-state index contributed by atoms with van der Waals surface area (Å²) in [6, 6.07) is 26.4. The number of aromatic nitrogens is 3. The number of hydrogen-bond donors (Lipinski definition) is 11. The lowest BCUT2D eigenvalue weighted by molar-refractivity contribution is -0.132. The second-order valence-electron chi connectivity index (χ2n) is 25.0. The van der Waals surface area contributed by atoms with Crippen molar-refractivity contribution in [3.05, 3.63) is 137 Å². The average molecular weight is 1410 g/mol. The molecule has 4 aromatic carbocycles. The number of likely N-dealkylation sites (tertiary alicyclic amines) is 1. The number of carbonyl (C=O) groups excluding carboxylic acids is 7. The summed E-state index contributed by atoms with van der Waals surface area (Å²) in [7, 11) is 1.66. The molecule has 30 nitrogen and oxygen atoms in total. The number of rotatable bonds is 41. The Bertz CT molecular complexity index is 3830. The fraction of sp³-hybridized carbons (Fsp3) is 0.458. The Morgan fingerprint density at radius 2 is 1.41 bits per heavy atom. The highest BCUT2D eigenvalue weighted by molar-refractivity contribution is 6.53. The molecule has 4 heterocycles. The van der Waals surface area contributed by atoms with E-state index in [1.54, 1.807) is 80.5 Å². The minimum atomic E-state index is -1.06. The average Bonchev–Trinajstić information content (AvgIpc) is 1.10. The summed E-state index contributed by atoms with van der Waals surface area (Å²) < 4.78 is 35.8. The fourth-order valence-electron chi connectivity index (χ4n) is 11.6. The molecule has 102 heavy (non-hydrogen) atoms. The highest BCUT2D eigenvalue weighted by Crippen LogP contribution is 2.31. The van der Waals surface area contributed by atoms with Crippen LogP contribution >= 0.6 is 0 Å². The first-order valence-electron chi connectivity index (χ1n) is 34.5. The summed E-state index contributed by atoms with van der Waals surface area (Å²) in [5.74, 6) is 4.98. The van der Waals surface area contributed by atoms with E-state index in [-0.39, 0.29) is 133 Å². The number of carbonyl (C=O) groups is 7. The molecule has 1 fully saturated rings. The van der Waals surface area contributed by atoms with Crippen LogP contribution in [0.15, 0.2) is 108 Å². The lowest BCUT2D eigenvalue weighted by Crippen LogP contribution is -2.58. The van der Waals surface area contributed by atoms with Crippen LogP contribution in [0.25, 0.3) is 11.0 Å². The van der Waals surface area contributed by atoms with Crippen LogP contribution < -0.4 is 64.2 Å². The Labute approximate surface area is 593 Å². The molecule has 0 radical (unpaired) electrons. The van der Waals surface area contributed by atoms with Gasteiger partial charge in [-0.3, -0.25) is 34.3 Å². The van der Waals surface area contributed by atoms with Crippen LogP contribution in [0.2, 0.25) is 0 Å². The van der Waals surface area contributed by atoms with Gasteiger partial charge in [-0.2, -0.15) is 10.1 Å². The molecular weight excluding hydrogens is 1310 g/mol. The predicted octanol–water partition coefficient (Wildman–Crippen LogP) is 5.43. The number of hydrogen-bond acceptors (Lipinski definition) is 21. The number of unbranched alkanes of at least 4 members (excludes halogenated alkanes) is 2. The van der Waals surface area contributed by atoms with Crippen LogP contribution in [-0.2, 0) is 73.9 Å². The smallest absolute Gasteiger partial charge is 0.407 e. The number of anilines is 4. The Hall–Kier alpha value is -10.3. The molecule has 0 spiro atoms. The molecule has 6 aromatic rings. The number of fused-ring (bicyclic) bond motifs is 3. The fourth-order valence-corrected chi connectivity index (χ4v) is 11.6. The van der Waals surface area contributed by atoms with Crippen molar-refractivity contribution in [2.45, 2.75) is 117 Å². The summed E-state index contributed by atoms with van der Waals surface area (Å²) in [6.45, 7) is 11.5. The zero-order valence-electron chi connectivity index (χ0n) is 58.5. The largest absolute Gasteiger partial charge is 0.496 e. The molecule has 14 N–H and O–H groups in total. The minimum Gasteiger partial charge on any atom is -0.496 e. The van der Waals surface area contributed by atoms with Gasteiger partial charge in [-0.25, -0.2) is 14.6 Å². The number of nitrogens with zero attached hydrogens (tertiary/aromatic N) is 6. The molecule has 2 aromatic heterocycles. The van der Waals surface area contributed by atoms with Crippen molar-refractivity contribution >= 4 is 87.3 Å². The zero-order valence-corrected chi connectivity index (χ0v) is 58.5. The third kappa shape index (κ3) is 23.7. The monoisotopic (exact) mass is 1410 g/mol. The predicted molar refractivity (Wildman–Crippen MR) is 387 cm³/mol. The molecule has 2 aliphatic heterocycles. The van der Waals surface area contributed by atoms with Crippen molar-refractivity contribution in [2.24, 2.45) is 22.6 Å². The normalized spacial score (nSPS) is 14.0. The van der Waals surface area contributed by atoms with Gasteiger partial charge in [-0.1, -0.05) is 100 Å². The summed E-state index contributed by atoms with van der Waals surface area (Å²) in [5.41, 5.74) is 19.0. The Morgan fingerprint density at radius 3 is 2.12 bits per heavy atom. The van der Waals surface area contributed by atoms with Gasteiger partial charge in [0.05, 0.1) is 96.0 Å². The number of methoxy groups -OCH3 is 1. The third-order valence-corrected chi connectivity index (χ3v) is 17.0. The first-order chi connectivity index (χ1) is 49.4. The van der Waals surface area contributed by atoms with E-state index in [4.69, 9.17) is 51.1 Å². The molecule has 548 valence electrons. The van der Waals surface area contributed by atoms with E-state index in [1.165, 1.54) is 0 Å². The first kappa shape index (κ1) is 77.5. The lowest BCUT2D eigenvalue weighted by atomic mass is 9.92. The van der Waals surface area contributed by atoms with Crippen LogP contribution in [0, 0.1) is 11.3 Å². The van der Waals surface area contributed by atoms with Crippen molar-refractivity contribution in [1.29, 1.82) is 5.41 Å². The molecule has 2 atom stereocenters. The minimum absolute atomic E-state index is 0.0220. The van der Waals surface area contributed by atoms with Crippen LogP contribution in [0.5, 0.6) is 5.75 Å². The van der Waals surface area contributed by atoms with E-state index in [0.717, 1.165) is 59.3 Å². The zero-order chi connectivity index (χ0) is 72.8. The number of nitrogens with two attached hydrogens (primary N) is 3. The van der Waals surface area contributed by atoms with Crippen molar-refractivity contribution < 1.29 is 62.0 Å². The van der Waals surface area contributed by atoms with Gasteiger partial charge in [0.25, 0.3) is 0 Å². The maximum Gasteiger partial charge on any atom is 0.407 e. The number of amides is 8. The number of ether oxygens (including phenoxy) is 6. The van der Waals surface area contributed by atoms with Gasteiger partial charge in [-0.05, 0) is 72.2 Å². The molecule has 2 aliphatic rings. The van der Waals surface area contributed by atoms with Crippen LogP contribution in [-0.4, -0.2) is 183 Å². The standard InChI is InChI=1S/C72H97N17O13/c1-5-6-11-28-78-67-66-56(83-70(74)85-67)26-31-88(66)42-51-21-18-49(40-59(51)97-4)41-87-44-53(45-87)81-72(96)102-46-48-19-22-52(23-20-48)80-68(93)57(16-12-29-79-71(75)95)82-69(94)64(47(2)3)84-61(91)27-32-98-34-36-100-38-39-101-37-35-99-33-30-77-60(90)24-25-62(92)89-43-50-13-7-8-14-54(50)63(73)65(86-76)55-15-9-10-17-58(55)89/h7-10,13-15,17-23,26,31,40,47,53,57,64,73H,5-6,11-12,16,24-25,27-30,32-39,41-46,76H2,1-4H3,(H,77,90)(H,80,93)(H,81,96)(H,82,94)(H,84,91)(H3,75,79,95)(H3,74,78,83,85)/t57-,64-/m0/s1. The quantitative estimate of drug-likeness (QED) is 0.0129. The number of alkyl carbamates (subject to hydrolysis) is 1. The highest BCUT2D eigenvalue weighted by Gasteiger charge is 2.32. The maximum absolute atomic E-state index is 13.8. The molecule has 0 unspecified atom stereocenters. The van der Waals surface area contributed by atoms with E-state index in [1.807, 2.05) is 36.5 Å². The number of nitrogen functional groups attached to an aromatic ring is 1. The summed E-state index contributed by atoms with van der Waals surface area (Å²) in [4.78, 5) is 104. The van der Waals surface area contributed by atoms with E-state index in [2.05, 4.69) is 80.8 Å². The summed E-state index contributed by atoms with van der Waals surface area (Å²) in [6.07, 6.45) is 4.99. The van der Waals surface area contributed by atoms with Crippen molar-refractivity contribution in [2.75, 3.05) is 114 Å². The lowest BCUT2D eigenvalue weighted by Gasteiger charge is -2.39. The van der Waals surface area contributed by atoms with Gasteiger partial charge in [0.1, 0.15) is 35.7 Å². The maximum atomic E-state index is 13.8. The summed E-state index contributed by atoms with van der Waals surface area (Å²) in [5, 5.41) is 32.7. The van der Waals surface area contributed by atoms with Gasteiger partial charge >= 0.3 is 12.1 Å². The van der Waals surface area contributed by atoms with Gasteiger partial charge in [0.15, 0.2) is 5.82 Å². The van der Waals surface area contributed by atoms with Gasteiger partial charge in [0.2, 0.25) is 35.5 Å². The van der Waals surface area contributed by atoms with Crippen molar-refractivity contribution in [3.63, 3.8) is 0 Å². The second-order valence-corrected chi connectivity index (χ2v) is 25.0. The number of primary amides is 1. The molecule has 8 rings (SSSR count). The van der Waals surface area contributed by atoms with Crippen LogP contribution in [0.1, 0.15) is 106 Å². The van der Waals surface area contributed by atoms with Gasteiger partial charge in [-0.15, -0.1) is 0 Å². The number of benzene rings is 4. The third-order valence-electron chi connectivity index (χ3n) is 17.0. The highest BCUT2D eigenvalue weighted by atomic mass is 16.6. The SMILES string of the molecule is CCCCCNc1nc(N)nc2ccn(Cc3ccc(CN4CC(NC(=O)OCc5ccc(NC(=O)[C@H](CCCNC(N)=O)NC(=O)[C@@H](NC(=O)CCOCCOCCOCCOCCNC(=O)CCC(=O)N6Cc7ccccc7C(=N)C(=NN)c7ccccc76)C(C)C)cc5)C4)cc3OC)c12. The molecule has 30 heteroatoms. The molecule has 0 bridgehead atoms. The molecule has 0 saturated carbocycles. The van der Waals surface area contributed by atoms with Gasteiger partial charge < -0.3 is 92.4 Å². The van der Waals surface area contributed by atoms with Crippen LogP contribution in [0.4, 0.5) is 32.7 Å². The number of urea groups is 1. The Kier molecular flexibility index (Phi) is 30.6. The Morgan fingerprint density at radius 1 is 0.716 bits per heavy atom. The number of para-hydroxylation sites is 1. The van der Waals surface area contributed by atoms with Crippen LogP contribution in [0.3, 0.4) is 0 Å². The number of nitrogens with one attached hydrogen (secondary N) is 8. The van der Waals surface area contributed by atoms with Gasteiger partial charge in [0, 0.05) is 87.1 Å². The molecule has 1 saturated heterocycles. The molecule has 8 amide bonds. The van der Waals surface area contributed by atoms with E-state index in [9.17, 15) is 33.6 Å². The molecular formula is C72H97N17O13. The van der Waals surface area contributed by atoms with E-state index in [0.29, 0.717) is 79.7 Å². The van der Waals surface area contributed by atoms with E-state index >= 15 is 0 Å².